The molecule has 2 aliphatic carbocycles. The first-order valence-electron chi connectivity index (χ1n) is 8.85. The molecule has 0 amide bonds. The highest BCUT2D eigenvalue weighted by atomic mass is 32.1. The lowest BCUT2D eigenvalue weighted by molar-refractivity contribution is 0.0693. The highest BCUT2D eigenvalue weighted by Crippen LogP contribution is 2.47. The van der Waals surface area contributed by atoms with Gasteiger partial charge >= 0.3 is 5.97 Å². The van der Waals surface area contributed by atoms with Gasteiger partial charge in [-0.2, -0.15) is 8.78 Å². The van der Waals surface area contributed by atoms with E-state index in [1.165, 1.54) is 23.5 Å². The molecule has 8 heteroatoms. The molecule has 0 radical (unpaired) electrons. The molecular formula is C19H24F2NO2PS2. The van der Waals surface area contributed by atoms with Gasteiger partial charge in [-0.25, -0.2) is 4.79 Å². The van der Waals surface area contributed by atoms with Gasteiger partial charge in [-0.05, 0) is 30.2 Å². The molecule has 3 nitrogen and oxygen atoms in total. The number of rotatable bonds is 5. The number of carboxylic acids is 1. The van der Waals surface area contributed by atoms with Crippen molar-refractivity contribution in [3.8, 4) is 0 Å². The van der Waals surface area contributed by atoms with E-state index < -0.39 is 11.6 Å². The van der Waals surface area contributed by atoms with Gasteiger partial charge in [0.25, 0.3) is 5.66 Å². The van der Waals surface area contributed by atoms with Gasteiger partial charge in [0.1, 0.15) is 0 Å². The Hall–Kier alpha value is -0.750. The van der Waals surface area contributed by atoms with E-state index in [4.69, 9.17) is 0 Å². The zero-order valence-electron chi connectivity index (χ0n) is 15.3. The summed E-state index contributed by atoms with van der Waals surface area (Å²) in [5.41, 5.74) is -1.72. The van der Waals surface area contributed by atoms with Gasteiger partial charge in [0, 0.05) is 33.7 Å². The van der Waals surface area contributed by atoms with Crippen molar-refractivity contribution in [3.05, 3.63) is 44.7 Å². The summed E-state index contributed by atoms with van der Waals surface area (Å²) in [6.07, 6.45) is 7.29. The average Bonchev–Trinajstić information content (AvgIpc) is 2.91. The van der Waals surface area contributed by atoms with Crippen LogP contribution in [0, 0.1) is 11.3 Å². The largest absolute Gasteiger partial charge is 0.478 e. The van der Waals surface area contributed by atoms with Crippen LogP contribution in [0.2, 0.25) is 0 Å². The number of carbonyl (C=O) groups is 1. The second-order valence-corrected chi connectivity index (χ2v) is 10.2. The minimum Gasteiger partial charge on any atom is -0.478 e. The molecule has 1 aromatic rings. The van der Waals surface area contributed by atoms with E-state index in [0.29, 0.717) is 12.1 Å². The summed E-state index contributed by atoms with van der Waals surface area (Å²) < 4.78 is 30.2. The zero-order chi connectivity index (χ0) is 20.0. The number of thiol groups is 1. The Morgan fingerprint density at radius 1 is 1.52 bits per heavy atom. The molecule has 3 rings (SSSR count). The first-order chi connectivity index (χ1) is 12.5. The Kier molecular flexibility index (Phi) is 5.89. The van der Waals surface area contributed by atoms with Crippen molar-refractivity contribution in [2.24, 2.45) is 11.3 Å². The van der Waals surface area contributed by atoms with Crippen molar-refractivity contribution in [3.63, 3.8) is 0 Å². The molecule has 0 aromatic carbocycles. The monoisotopic (exact) mass is 431 g/mol. The third-order valence-corrected chi connectivity index (χ3v) is 7.28. The SMILES string of the molecule is CC1(C)CCc2sc(C3C=CC(C(F)(F)P)=CC3CNS)c(C(=O)O)c2C1. The lowest BCUT2D eigenvalue weighted by Gasteiger charge is -2.29. The van der Waals surface area contributed by atoms with Crippen molar-refractivity contribution in [1.82, 2.24) is 4.72 Å². The number of allylic oxidation sites excluding steroid dienone is 3. The average molecular weight is 432 g/mol. The van der Waals surface area contributed by atoms with Gasteiger partial charge in [0.05, 0.1) is 5.56 Å². The summed E-state index contributed by atoms with van der Waals surface area (Å²) in [6, 6.07) is 0. The van der Waals surface area contributed by atoms with E-state index in [1.807, 2.05) is 0 Å². The fourth-order valence-electron chi connectivity index (χ4n) is 3.95. The van der Waals surface area contributed by atoms with E-state index in [0.717, 1.165) is 34.6 Å². The molecule has 3 atom stereocenters. The first-order valence-corrected chi connectivity index (χ1v) is 10.7. The highest BCUT2D eigenvalue weighted by Gasteiger charge is 2.38. The van der Waals surface area contributed by atoms with Crippen LogP contribution in [0.15, 0.2) is 23.8 Å². The van der Waals surface area contributed by atoms with Crippen LogP contribution in [0.25, 0.3) is 0 Å². The molecule has 0 spiro atoms. The van der Waals surface area contributed by atoms with Crippen molar-refractivity contribution in [1.29, 1.82) is 0 Å². The highest BCUT2D eigenvalue weighted by molar-refractivity contribution is 7.78. The van der Waals surface area contributed by atoms with E-state index in [-0.39, 0.29) is 22.8 Å². The third-order valence-electron chi connectivity index (χ3n) is 5.37. The Labute approximate surface area is 170 Å². The van der Waals surface area contributed by atoms with E-state index in [2.05, 4.69) is 31.4 Å². The normalized spacial score (nSPS) is 24.4. The van der Waals surface area contributed by atoms with Crippen LogP contribution in [0.5, 0.6) is 0 Å². The fraction of sp³-hybridized carbons (Fsp3) is 0.526. The minimum atomic E-state index is -3.01. The zero-order valence-corrected chi connectivity index (χ0v) is 18.1. The first kappa shape index (κ1) is 21.0. The van der Waals surface area contributed by atoms with Crippen molar-refractivity contribution in [2.75, 3.05) is 6.54 Å². The predicted molar refractivity (Wildman–Crippen MR) is 112 cm³/mol. The number of fused-ring (bicyclic) bond motifs is 1. The lowest BCUT2D eigenvalue weighted by Crippen LogP contribution is -2.25. The standard InChI is InChI=1S/C19H24F2NO2PS2/c1-18(2)6-5-14-13(8-18)15(17(23)24)16(27-14)12-4-3-11(19(20,21)25)7-10(12)9-22-26/h3-4,7,10,12,22,26H,5-6,8-9,25H2,1-2H3,(H,23,24). The molecule has 0 fully saturated rings. The molecule has 2 aliphatic rings. The van der Waals surface area contributed by atoms with Crippen LogP contribution in [-0.2, 0) is 12.8 Å². The Balaban J connectivity index is 2.06. The Morgan fingerprint density at radius 3 is 2.81 bits per heavy atom. The summed E-state index contributed by atoms with van der Waals surface area (Å²) in [5.74, 6) is -1.48. The molecule has 0 saturated heterocycles. The second-order valence-electron chi connectivity index (χ2n) is 8.05. The molecule has 1 aromatic heterocycles. The van der Waals surface area contributed by atoms with Crippen LogP contribution in [0.4, 0.5) is 8.78 Å². The summed E-state index contributed by atoms with van der Waals surface area (Å²) in [4.78, 5) is 14.0. The number of carboxylic acid groups (broad SMARTS) is 1. The van der Waals surface area contributed by atoms with Crippen LogP contribution in [0.1, 0.15) is 51.9 Å². The number of aryl methyl sites for hydroxylation is 1. The molecule has 0 saturated carbocycles. The van der Waals surface area contributed by atoms with Crippen LogP contribution in [0.3, 0.4) is 0 Å². The molecule has 148 valence electrons. The number of alkyl halides is 2. The van der Waals surface area contributed by atoms with Gasteiger partial charge in [-0.15, -0.1) is 11.3 Å². The van der Waals surface area contributed by atoms with Gasteiger partial charge in [0.15, 0.2) is 0 Å². The molecule has 27 heavy (non-hydrogen) atoms. The number of thiophene rings is 1. The van der Waals surface area contributed by atoms with E-state index in [9.17, 15) is 18.7 Å². The van der Waals surface area contributed by atoms with Gasteiger partial charge < -0.3 is 5.11 Å². The van der Waals surface area contributed by atoms with Gasteiger partial charge in [-0.1, -0.05) is 54.1 Å². The second kappa shape index (κ2) is 7.58. The van der Waals surface area contributed by atoms with Crippen LogP contribution >= 0.6 is 33.4 Å². The van der Waals surface area contributed by atoms with Crippen molar-refractivity contribution >= 4 is 39.4 Å². The predicted octanol–water partition coefficient (Wildman–Crippen LogP) is 5.06. The summed E-state index contributed by atoms with van der Waals surface area (Å²) in [6.45, 7) is 4.68. The molecule has 0 bridgehead atoms. The molecule has 1 heterocycles. The molecule has 3 unspecified atom stereocenters. The van der Waals surface area contributed by atoms with Crippen LogP contribution < -0.4 is 4.72 Å². The third kappa shape index (κ3) is 4.31. The van der Waals surface area contributed by atoms with E-state index >= 15 is 0 Å². The number of nitrogens with one attached hydrogen (secondary N) is 1. The quantitative estimate of drug-likeness (QED) is 0.451. The number of hydrogen-bond acceptors (Lipinski definition) is 4. The Morgan fingerprint density at radius 2 is 2.22 bits per heavy atom. The van der Waals surface area contributed by atoms with Crippen molar-refractivity contribution < 1.29 is 18.7 Å². The van der Waals surface area contributed by atoms with Gasteiger partial charge in [-0.3, -0.25) is 4.72 Å². The maximum Gasteiger partial charge on any atom is 0.337 e. The topological polar surface area (TPSA) is 49.3 Å². The minimum absolute atomic E-state index is 0.0680. The number of hydrogen-bond donors (Lipinski definition) is 3. The number of halogens is 2. The maximum absolute atomic E-state index is 13.7. The molecule has 2 N–H and O–H groups in total. The number of aromatic carboxylic acids is 1. The smallest absolute Gasteiger partial charge is 0.337 e. The lowest BCUT2D eigenvalue weighted by atomic mass is 9.75. The molecule has 0 aliphatic heterocycles. The van der Waals surface area contributed by atoms with E-state index in [1.54, 1.807) is 15.3 Å². The summed E-state index contributed by atoms with van der Waals surface area (Å²) in [7, 11) is 1.56. The maximum atomic E-state index is 13.7. The summed E-state index contributed by atoms with van der Waals surface area (Å²) in [5, 5.41) is 9.92. The van der Waals surface area contributed by atoms with Crippen LogP contribution in [-0.4, -0.2) is 23.3 Å². The summed E-state index contributed by atoms with van der Waals surface area (Å²) >= 11 is 5.57. The molecular weight excluding hydrogens is 407 g/mol. The Bertz CT molecular complexity index is 811. The fourth-order valence-corrected chi connectivity index (χ4v) is 5.82. The van der Waals surface area contributed by atoms with Crippen molar-refractivity contribution in [2.45, 2.75) is 44.7 Å². The van der Waals surface area contributed by atoms with Gasteiger partial charge in [0.2, 0.25) is 0 Å².